The fourth-order valence-electron chi connectivity index (χ4n) is 4.82. The molecule has 10 heteroatoms. The highest BCUT2D eigenvalue weighted by molar-refractivity contribution is 7.85. The van der Waals surface area contributed by atoms with Gasteiger partial charge in [0.2, 0.25) is 0 Å². The van der Waals surface area contributed by atoms with Gasteiger partial charge in [-0.05, 0) is 67.8 Å². The number of hydrogen-bond acceptors (Lipinski definition) is 5. The molecule has 0 unspecified atom stereocenters. The SMILES string of the molecule is CCOC(=O)N1CCC(NC(=O)c2ccc3c(c2)N(Cc2ccc(Cl)cc2)C(=O)c2ccccc2[S@@]3=O)CC1. The summed E-state index contributed by atoms with van der Waals surface area (Å²) in [4.78, 5) is 43.1. The third-order valence-electron chi connectivity index (χ3n) is 6.88. The Morgan fingerprint density at radius 3 is 2.46 bits per heavy atom. The topological polar surface area (TPSA) is 96.0 Å². The summed E-state index contributed by atoms with van der Waals surface area (Å²) >= 11 is 6.06. The smallest absolute Gasteiger partial charge is 0.409 e. The zero-order valence-corrected chi connectivity index (χ0v) is 23.0. The van der Waals surface area contributed by atoms with Crippen molar-refractivity contribution in [2.45, 2.75) is 42.1 Å². The molecule has 0 bridgehead atoms. The zero-order chi connectivity index (χ0) is 27.5. The van der Waals surface area contributed by atoms with Crippen LogP contribution in [-0.4, -0.2) is 52.8 Å². The molecule has 8 nitrogen and oxygen atoms in total. The quantitative estimate of drug-likeness (QED) is 0.469. The molecule has 1 fully saturated rings. The predicted octanol–water partition coefficient (Wildman–Crippen LogP) is 5.02. The molecular formula is C29H28ClN3O5S. The number of amides is 3. The van der Waals surface area contributed by atoms with Gasteiger partial charge in [-0.15, -0.1) is 0 Å². The normalized spacial score (nSPS) is 17.2. The molecule has 2 aliphatic heterocycles. The van der Waals surface area contributed by atoms with Crippen LogP contribution in [-0.2, 0) is 22.1 Å². The standard InChI is InChI=1S/C29H28ClN3O5S/c1-2-38-29(36)32-15-13-22(14-16-32)31-27(34)20-9-12-26-24(17-20)33(18-19-7-10-21(30)11-8-19)28(35)23-5-3-4-6-25(23)39(26)37/h3-12,17,22H,2,13-16,18H2,1H3,(H,31,34)/t39-/m0/s1. The first kappa shape index (κ1) is 26.9. The summed E-state index contributed by atoms with van der Waals surface area (Å²) in [6, 6.07) is 18.9. The van der Waals surface area contributed by atoms with Crippen molar-refractivity contribution in [3.8, 4) is 0 Å². The number of carbonyl (C=O) groups excluding carboxylic acids is 3. The molecule has 1 saturated heterocycles. The lowest BCUT2D eigenvalue weighted by molar-refractivity contribution is 0.0858. The van der Waals surface area contributed by atoms with E-state index in [0.717, 1.165) is 5.56 Å². The van der Waals surface area contributed by atoms with Crippen molar-refractivity contribution in [1.29, 1.82) is 0 Å². The molecule has 0 saturated carbocycles. The Kier molecular flexibility index (Phi) is 7.99. The van der Waals surface area contributed by atoms with Gasteiger partial charge in [-0.25, -0.2) is 9.00 Å². The lowest BCUT2D eigenvalue weighted by atomic mass is 10.0. The molecule has 3 amide bonds. The van der Waals surface area contributed by atoms with Crippen molar-refractivity contribution in [3.05, 3.63) is 88.4 Å². The van der Waals surface area contributed by atoms with Crippen molar-refractivity contribution < 1.29 is 23.3 Å². The fraction of sp³-hybridized carbons (Fsp3) is 0.276. The van der Waals surface area contributed by atoms with Crippen LogP contribution in [0.1, 0.15) is 46.0 Å². The molecule has 0 spiro atoms. The van der Waals surface area contributed by atoms with Crippen molar-refractivity contribution >= 4 is 46.0 Å². The van der Waals surface area contributed by atoms with Crippen LogP contribution in [0.5, 0.6) is 0 Å². The van der Waals surface area contributed by atoms with Crippen LogP contribution < -0.4 is 10.2 Å². The summed E-state index contributed by atoms with van der Waals surface area (Å²) in [6.45, 7) is 3.29. The fourth-order valence-corrected chi connectivity index (χ4v) is 6.29. The summed E-state index contributed by atoms with van der Waals surface area (Å²) < 4.78 is 18.7. The van der Waals surface area contributed by atoms with Gasteiger partial charge in [0.15, 0.2) is 0 Å². The van der Waals surface area contributed by atoms with Gasteiger partial charge in [0.25, 0.3) is 11.8 Å². The molecule has 0 aromatic heterocycles. The summed E-state index contributed by atoms with van der Waals surface area (Å²) in [7, 11) is -1.61. The maximum Gasteiger partial charge on any atom is 0.409 e. The number of ether oxygens (including phenoxy) is 1. The van der Waals surface area contributed by atoms with E-state index in [1.165, 1.54) is 0 Å². The molecule has 39 heavy (non-hydrogen) atoms. The summed E-state index contributed by atoms with van der Waals surface area (Å²) in [5.41, 5.74) is 1.99. The minimum Gasteiger partial charge on any atom is -0.450 e. The second kappa shape index (κ2) is 11.6. The van der Waals surface area contributed by atoms with Crippen LogP contribution in [0.15, 0.2) is 76.5 Å². The maximum atomic E-state index is 13.8. The number of nitrogens with zero attached hydrogens (tertiary/aromatic N) is 2. The third kappa shape index (κ3) is 5.69. The Morgan fingerprint density at radius 1 is 1.03 bits per heavy atom. The van der Waals surface area contributed by atoms with E-state index >= 15 is 0 Å². The number of rotatable bonds is 5. The monoisotopic (exact) mass is 565 g/mol. The minimum atomic E-state index is -1.61. The number of carbonyl (C=O) groups is 3. The van der Waals surface area contributed by atoms with Crippen LogP contribution in [0.25, 0.3) is 0 Å². The average Bonchev–Trinajstić information content (AvgIpc) is 3.04. The van der Waals surface area contributed by atoms with E-state index in [4.69, 9.17) is 16.3 Å². The first-order chi connectivity index (χ1) is 18.9. The Balaban J connectivity index is 1.42. The number of hydrogen-bond donors (Lipinski definition) is 1. The Morgan fingerprint density at radius 2 is 1.74 bits per heavy atom. The molecule has 0 aliphatic carbocycles. The molecule has 202 valence electrons. The van der Waals surface area contributed by atoms with Crippen LogP contribution in [0.3, 0.4) is 0 Å². The molecule has 2 heterocycles. The van der Waals surface area contributed by atoms with E-state index in [9.17, 15) is 18.6 Å². The lowest BCUT2D eigenvalue weighted by Crippen LogP contribution is -2.46. The molecule has 2 aliphatic rings. The first-order valence-electron chi connectivity index (χ1n) is 12.8. The maximum absolute atomic E-state index is 13.8. The van der Waals surface area contributed by atoms with E-state index in [1.807, 2.05) is 12.1 Å². The summed E-state index contributed by atoms with van der Waals surface area (Å²) in [6.07, 6.45) is 0.874. The van der Waals surface area contributed by atoms with E-state index in [0.29, 0.717) is 64.2 Å². The van der Waals surface area contributed by atoms with Gasteiger partial charge in [0.05, 0.1) is 45.0 Å². The number of anilines is 1. The van der Waals surface area contributed by atoms with Gasteiger partial charge in [-0.3, -0.25) is 9.59 Å². The van der Waals surface area contributed by atoms with E-state index in [2.05, 4.69) is 5.32 Å². The van der Waals surface area contributed by atoms with Crippen molar-refractivity contribution in [2.75, 3.05) is 24.6 Å². The van der Waals surface area contributed by atoms with Crippen molar-refractivity contribution in [1.82, 2.24) is 10.2 Å². The summed E-state index contributed by atoms with van der Waals surface area (Å²) in [5, 5.41) is 3.63. The van der Waals surface area contributed by atoms with Gasteiger partial charge in [-0.2, -0.15) is 0 Å². The number of benzene rings is 3. The van der Waals surface area contributed by atoms with E-state index in [1.54, 1.807) is 71.3 Å². The van der Waals surface area contributed by atoms with Crippen LogP contribution in [0.2, 0.25) is 5.02 Å². The number of piperidine rings is 1. The predicted molar refractivity (Wildman–Crippen MR) is 149 cm³/mol. The third-order valence-corrected chi connectivity index (χ3v) is 8.64. The van der Waals surface area contributed by atoms with Gasteiger partial charge in [0, 0.05) is 29.7 Å². The van der Waals surface area contributed by atoms with Crippen LogP contribution in [0.4, 0.5) is 10.5 Å². The Labute approximate surface area is 234 Å². The molecule has 5 rings (SSSR count). The van der Waals surface area contributed by atoms with Crippen LogP contribution in [0, 0.1) is 0 Å². The molecular weight excluding hydrogens is 538 g/mol. The second-order valence-corrected chi connectivity index (χ2v) is 11.3. The van der Waals surface area contributed by atoms with Gasteiger partial charge >= 0.3 is 6.09 Å². The zero-order valence-electron chi connectivity index (χ0n) is 21.4. The van der Waals surface area contributed by atoms with Gasteiger partial charge in [-0.1, -0.05) is 35.9 Å². The lowest BCUT2D eigenvalue weighted by Gasteiger charge is -2.31. The van der Waals surface area contributed by atoms with Gasteiger partial charge < -0.3 is 19.9 Å². The molecule has 1 atom stereocenters. The summed E-state index contributed by atoms with van der Waals surface area (Å²) in [5.74, 6) is -0.588. The van der Waals surface area contributed by atoms with Crippen LogP contribution >= 0.6 is 11.6 Å². The number of halogens is 1. The van der Waals surface area contributed by atoms with Gasteiger partial charge in [0.1, 0.15) is 0 Å². The van der Waals surface area contributed by atoms with Crippen molar-refractivity contribution in [2.24, 2.45) is 0 Å². The molecule has 0 radical (unpaired) electrons. The van der Waals surface area contributed by atoms with Crippen molar-refractivity contribution in [3.63, 3.8) is 0 Å². The first-order valence-corrected chi connectivity index (χ1v) is 14.3. The Bertz CT molecular complexity index is 1440. The minimum absolute atomic E-state index is 0.104. The number of fused-ring (bicyclic) bond motifs is 2. The number of nitrogens with one attached hydrogen (secondary N) is 1. The highest BCUT2D eigenvalue weighted by Gasteiger charge is 2.32. The highest BCUT2D eigenvalue weighted by atomic mass is 35.5. The molecule has 3 aromatic carbocycles. The molecule has 3 aromatic rings. The molecule has 1 N–H and O–H groups in total. The van der Waals surface area contributed by atoms with E-state index < -0.39 is 10.8 Å². The number of likely N-dealkylation sites (tertiary alicyclic amines) is 1. The largest absolute Gasteiger partial charge is 0.450 e. The highest BCUT2D eigenvalue weighted by Crippen LogP contribution is 2.36. The second-order valence-electron chi connectivity index (χ2n) is 9.40. The van der Waals surface area contributed by atoms with E-state index in [-0.39, 0.29) is 30.5 Å². The Hall–Kier alpha value is -3.69. The average molecular weight is 566 g/mol.